The van der Waals surface area contributed by atoms with E-state index in [0.29, 0.717) is 12.2 Å². The maximum absolute atomic E-state index is 12.4. The van der Waals surface area contributed by atoms with Crippen molar-refractivity contribution in [2.24, 2.45) is 0 Å². The Bertz CT molecular complexity index is 696. The number of hydrogen-bond acceptors (Lipinski definition) is 3. The van der Waals surface area contributed by atoms with E-state index in [9.17, 15) is 13.6 Å². The molecule has 2 amide bonds. The van der Waals surface area contributed by atoms with Crippen LogP contribution in [0, 0.1) is 0 Å². The van der Waals surface area contributed by atoms with Crippen molar-refractivity contribution in [2.75, 3.05) is 19.0 Å². The molecule has 2 aromatic rings. The average Bonchev–Trinajstić information content (AvgIpc) is 2.60. The number of halogens is 2. The Morgan fingerprint density at radius 1 is 1.12 bits per heavy atom. The van der Waals surface area contributed by atoms with Crippen LogP contribution < -0.4 is 20.1 Å². The van der Waals surface area contributed by atoms with E-state index >= 15 is 0 Å². The molecule has 0 aliphatic rings. The van der Waals surface area contributed by atoms with Crippen molar-refractivity contribution < 1.29 is 23.0 Å². The largest absolute Gasteiger partial charge is 0.493 e. The fraction of sp³-hybridized carbons (Fsp3) is 0.278. The van der Waals surface area contributed by atoms with Gasteiger partial charge < -0.3 is 20.1 Å². The predicted octanol–water partition coefficient (Wildman–Crippen LogP) is 4.22. The average molecular weight is 350 g/mol. The number of anilines is 1. The van der Waals surface area contributed by atoms with Crippen LogP contribution in [0.2, 0.25) is 0 Å². The van der Waals surface area contributed by atoms with Gasteiger partial charge in [0.15, 0.2) is 11.5 Å². The molecule has 1 atom stereocenters. The van der Waals surface area contributed by atoms with E-state index in [0.717, 1.165) is 5.56 Å². The number of ether oxygens (including phenoxy) is 2. The molecule has 0 spiro atoms. The van der Waals surface area contributed by atoms with Crippen molar-refractivity contribution in [3.8, 4) is 11.5 Å². The minimum absolute atomic E-state index is 0.139. The minimum atomic E-state index is -2.98. The van der Waals surface area contributed by atoms with Crippen molar-refractivity contribution in [1.29, 1.82) is 0 Å². The Kier molecular flexibility index (Phi) is 6.56. The molecule has 2 rings (SSSR count). The van der Waals surface area contributed by atoms with Gasteiger partial charge in [-0.1, -0.05) is 37.3 Å². The van der Waals surface area contributed by atoms with Gasteiger partial charge in [0.1, 0.15) is 0 Å². The molecule has 0 aromatic heterocycles. The Morgan fingerprint density at radius 3 is 2.48 bits per heavy atom. The first-order valence-electron chi connectivity index (χ1n) is 7.72. The van der Waals surface area contributed by atoms with E-state index in [4.69, 9.17) is 4.74 Å². The standard InChI is InChI=1S/C18H20F2N2O3/c1-12(13-6-4-3-5-7-13)11-21-18(23)22-14-8-9-15(24-2)16(10-14)25-17(19)20/h3-10,12,17H,11H2,1-2H3,(H2,21,22,23)/t12-/m1/s1. The van der Waals surface area contributed by atoms with E-state index in [1.807, 2.05) is 37.3 Å². The first kappa shape index (κ1) is 18.5. The van der Waals surface area contributed by atoms with Crippen LogP contribution in [0.25, 0.3) is 0 Å². The highest BCUT2D eigenvalue weighted by atomic mass is 19.3. The molecule has 2 N–H and O–H groups in total. The fourth-order valence-electron chi connectivity index (χ4n) is 2.26. The quantitative estimate of drug-likeness (QED) is 0.786. The maximum Gasteiger partial charge on any atom is 0.387 e. The van der Waals surface area contributed by atoms with Gasteiger partial charge in [-0.25, -0.2) is 4.79 Å². The normalized spacial score (nSPS) is 11.7. The van der Waals surface area contributed by atoms with Crippen molar-refractivity contribution in [3.63, 3.8) is 0 Å². The van der Waals surface area contributed by atoms with Gasteiger partial charge in [-0.05, 0) is 23.6 Å². The summed E-state index contributed by atoms with van der Waals surface area (Å²) in [5.41, 5.74) is 1.43. The summed E-state index contributed by atoms with van der Waals surface area (Å²) in [4.78, 5) is 12.0. The lowest BCUT2D eigenvalue weighted by molar-refractivity contribution is -0.0511. The number of carbonyl (C=O) groups is 1. The molecule has 5 nitrogen and oxygen atoms in total. The summed E-state index contributed by atoms with van der Waals surface area (Å²) >= 11 is 0. The van der Waals surface area contributed by atoms with Crippen LogP contribution in [0.1, 0.15) is 18.4 Å². The van der Waals surface area contributed by atoms with Crippen LogP contribution in [0.4, 0.5) is 19.3 Å². The zero-order chi connectivity index (χ0) is 18.2. The van der Waals surface area contributed by atoms with Crippen LogP contribution in [0.15, 0.2) is 48.5 Å². The van der Waals surface area contributed by atoms with Gasteiger partial charge >= 0.3 is 12.6 Å². The van der Waals surface area contributed by atoms with Gasteiger partial charge in [0.2, 0.25) is 0 Å². The number of alkyl halides is 2. The number of methoxy groups -OCH3 is 1. The third-order valence-corrected chi connectivity index (χ3v) is 3.57. The van der Waals surface area contributed by atoms with E-state index in [1.165, 1.54) is 25.3 Å². The van der Waals surface area contributed by atoms with E-state index < -0.39 is 12.6 Å². The SMILES string of the molecule is COc1ccc(NC(=O)NC[C@@H](C)c2ccccc2)cc1OC(F)F. The summed E-state index contributed by atoms with van der Waals surface area (Å²) in [5.74, 6) is 0.150. The lowest BCUT2D eigenvalue weighted by Gasteiger charge is -2.15. The molecule has 0 saturated carbocycles. The van der Waals surface area contributed by atoms with Crippen molar-refractivity contribution in [3.05, 3.63) is 54.1 Å². The summed E-state index contributed by atoms with van der Waals surface area (Å²) in [6.45, 7) is -0.547. The third-order valence-electron chi connectivity index (χ3n) is 3.57. The molecular formula is C18H20F2N2O3. The number of hydrogen-bond donors (Lipinski definition) is 2. The van der Waals surface area contributed by atoms with E-state index in [1.54, 1.807) is 0 Å². The number of urea groups is 1. The Balaban J connectivity index is 1.93. The van der Waals surface area contributed by atoms with Crippen LogP contribution in [0.3, 0.4) is 0 Å². The van der Waals surface area contributed by atoms with Crippen molar-refractivity contribution in [2.45, 2.75) is 19.5 Å². The summed E-state index contributed by atoms with van der Waals surface area (Å²) in [6.07, 6.45) is 0. The van der Waals surface area contributed by atoms with Crippen molar-refractivity contribution in [1.82, 2.24) is 5.32 Å². The molecule has 0 fully saturated rings. The molecule has 0 aliphatic carbocycles. The molecule has 25 heavy (non-hydrogen) atoms. The molecule has 2 aromatic carbocycles. The Morgan fingerprint density at radius 2 is 1.84 bits per heavy atom. The monoisotopic (exact) mass is 350 g/mol. The van der Waals surface area contributed by atoms with E-state index in [-0.39, 0.29) is 17.4 Å². The highest BCUT2D eigenvalue weighted by Gasteiger charge is 2.13. The van der Waals surface area contributed by atoms with Crippen LogP contribution in [-0.2, 0) is 0 Å². The number of amides is 2. The second kappa shape index (κ2) is 8.86. The molecule has 0 aliphatic heterocycles. The summed E-state index contributed by atoms with van der Waals surface area (Å²) in [7, 11) is 1.35. The molecule has 0 saturated heterocycles. The van der Waals surface area contributed by atoms with Gasteiger partial charge in [-0.2, -0.15) is 8.78 Å². The van der Waals surface area contributed by atoms with E-state index in [2.05, 4.69) is 15.4 Å². The lowest BCUT2D eigenvalue weighted by atomic mass is 10.0. The lowest BCUT2D eigenvalue weighted by Crippen LogP contribution is -2.31. The van der Waals surface area contributed by atoms with Gasteiger partial charge in [-0.3, -0.25) is 0 Å². The summed E-state index contributed by atoms with van der Waals surface area (Å²) in [6, 6.07) is 13.6. The number of carbonyl (C=O) groups excluding carboxylic acids is 1. The zero-order valence-corrected chi connectivity index (χ0v) is 14.0. The predicted molar refractivity (Wildman–Crippen MR) is 91.5 cm³/mol. The topological polar surface area (TPSA) is 59.6 Å². The molecule has 0 radical (unpaired) electrons. The highest BCUT2D eigenvalue weighted by molar-refractivity contribution is 5.89. The zero-order valence-electron chi connectivity index (χ0n) is 14.0. The van der Waals surface area contributed by atoms with Crippen LogP contribution in [-0.4, -0.2) is 26.3 Å². The van der Waals surface area contributed by atoms with Crippen LogP contribution in [0.5, 0.6) is 11.5 Å². The van der Waals surface area contributed by atoms with Gasteiger partial charge in [0, 0.05) is 18.3 Å². The Hall–Kier alpha value is -2.83. The summed E-state index contributed by atoms with van der Waals surface area (Å²) < 4.78 is 34.2. The third kappa shape index (κ3) is 5.63. The smallest absolute Gasteiger partial charge is 0.387 e. The number of benzene rings is 2. The minimum Gasteiger partial charge on any atom is -0.493 e. The second-order valence-electron chi connectivity index (χ2n) is 5.39. The number of rotatable bonds is 7. The van der Waals surface area contributed by atoms with Gasteiger partial charge in [0.25, 0.3) is 0 Å². The first-order valence-corrected chi connectivity index (χ1v) is 7.72. The molecular weight excluding hydrogens is 330 g/mol. The Labute approximate surface area is 144 Å². The summed E-state index contributed by atoms with van der Waals surface area (Å²) in [5, 5.41) is 5.33. The second-order valence-corrected chi connectivity index (χ2v) is 5.39. The van der Waals surface area contributed by atoms with Gasteiger partial charge in [0.05, 0.1) is 7.11 Å². The van der Waals surface area contributed by atoms with Gasteiger partial charge in [-0.15, -0.1) is 0 Å². The molecule has 0 unspecified atom stereocenters. The molecule has 7 heteroatoms. The molecule has 134 valence electrons. The maximum atomic E-state index is 12.4. The number of nitrogens with one attached hydrogen (secondary N) is 2. The highest BCUT2D eigenvalue weighted by Crippen LogP contribution is 2.31. The van der Waals surface area contributed by atoms with Crippen molar-refractivity contribution >= 4 is 11.7 Å². The fourth-order valence-corrected chi connectivity index (χ4v) is 2.26. The van der Waals surface area contributed by atoms with Crippen LogP contribution >= 0.6 is 0 Å². The molecule has 0 bridgehead atoms. The first-order chi connectivity index (χ1) is 12.0. The molecule has 0 heterocycles.